The molecule has 25 heteroatoms. The minimum atomic E-state index is -1.05. The highest BCUT2D eigenvalue weighted by molar-refractivity contribution is 8.00. The van der Waals surface area contributed by atoms with Gasteiger partial charge in [-0.05, 0) is 126 Å². The first-order valence-corrected chi connectivity index (χ1v) is 27.8. The second-order valence-corrected chi connectivity index (χ2v) is 21.8. The van der Waals surface area contributed by atoms with Crippen molar-refractivity contribution in [3.05, 3.63) is 96.3 Å². The van der Waals surface area contributed by atoms with Gasteiger partial charge in [-0.1, -0.05) is 72.1 Å². The molecule has 0 bridgehead atoms. The number of thioether (sulfide) groups is 1. The van der Waals surface area contributed by atoms with Gasteiger partial charge in [0.1, 0.15) is 29.7 Å². The Balaban J connectivity index is 0.000000221. The summed E-state index contributed by atoms with van der Waals surface area (Å²) in [4.78, 5) is 67.0. The van der Waals surface area contributed by atoms with Gasteiger partial charge in [0.25, 0.3) is 5.91 Å². The average molecular weight is 1180 g/mol. The second kappa shape index (κ2) is 30.3. The summed E-state index contributed by atoms with van der Waals surface area (Å²) in [5.74, 6) is 0.311. The largest absolute Gasteiger partial charge is 0.489 e. The summed E-state index contributed by atoms with van der Waals surface area (Å²) < 4.78 is 32.9. The maximum absolute atomic E-state index is 14.3. The monoisotopic (exact) mass is 1170 g/mol. The van der Waals surface area contributed by atoms with Crippen LogP contribution in [0.1, 0.15) is 72.4 Å². The van der Waals surface area contributed by atoms with Crippen LogP contribution in [-0.2, 0) is 43.4 Å². The molecule has 7 rings (SSSR count). The van der Waals surface area contributed by atoms with Gasteiger partial charge < -0.3 is 34.6 Å². The minimum absolute atomic E-state index is 0.0223. The standard InChI is InChI=1S/C15H15ClFN3O3S2.C15H22ClNO2.C11H11Cl2NO2.C9H16ClN5/c1-23-13(21)8-24-12-7-11(10(17)6-9(12)16)18-14-19-4-2-3-5-20(19)15(22)25-14;1-5-13-8-6-7-11(2)15(13)17(14(18)9-16)12(3)10-19-4;1-7-6-16-9-5-3-2-4-8(9)14(7)11(15)10(12)13;1-5-11-7-12-6(10)13-8(14-7)15-9(2,3)4/h6-7H,2-5,8H2,1H3;6-8,12H,5,9-10H2,1-4H3;2-5,7,10H,6H2,1H3;5H2,1-4H3,(H2,11,12,13,14,15)/b18-14-;;;. The van der Waals surface area contributed by atoms with Gasteiger partial charge in [-0.3, -0.25) is 23.9 Å². The van der Waals surface area contributed by atoms with E-state index in [0.717, 1.165) is 77.5 Å². The van der Waals surface area contributed by atoms with E-state index >= 15 is 0 Å². The number of carbonyl (C=O) groups excluding carboxylic acids is 3. The van der Waals surface area contributed by atoms with E-state index in [1.807, 2.05) is 84.9 Å². The number of hydrogen-bond donors (Lipinski definition) is 2. The molecule has 2 aliphatic rings. The van der Waals surface area contributed by atoms with Crippen LogP contribution in [0.2, 0.25) is 10.3 Å². The van der Waals surface area contributed by atoms with Crippen LogP contribution in [0.5, 0.6) is 5.75 Å². The van der Waals surface area contributed by atoms with Crippen LogP contribution in [-0.4, -0.2) is 110 Å². The number of aromatic nitrogens is 5. The predicted molar refractivity (Wildman–Crippen MR) is 302 cm³/mol. The van der Waals surface area contributed by atoms with Crippen LogP contribution in [0.3, 0.4) is 0 Å². The zero-order valence-corrected chi connectivity index (χ0v) is 48.9. The van der Waals surface area contributed by atoms with Crippen molar-refractivity contribution in [2.75, 3.05) is 66.0 Å². The lowest BCUT2D eigenvalue weighted by Gasteiger charge is -2.35. The minimum Gasteiger partial charge on any atom is -0.489 e. The molecule has 0 spiro atoms. The molecule has 0 fully saturated rings. The fourth-order valence-corrected chi connectivity index (χ4v) is 9.96. The topological polar surface area (TPSA) is 187 Å². The third-order valence-corrected chi connectivity index (χ3v) is 13.9. The van der Waals surface area contributed by atoms with E-state index in [1.165, 1.54) is 13.2 Å². The summed E-state index contributed by atoms with van der Waals surface area (Å²) in [7, 11) is 2.93. The molecule has 2 amide bonds. The number of halogens is 6. The number of benzene rings is 3. The number of para-hydroxylation sites is 3. The van der Waals surface area contributed by atoms with Crippen LogP contribution in [0.15, 0.2) is 69.3 Å². The fraction of sp³-hybridized carbons (Fsp3) is 0.480. The van der Waals surface area contributed by atoms with Crippen LogP contribution in [0, 0.1) is 12.7 Å². The number of carbonyl (C=O) groups is 3. The highest BCUT2D eigenvalue weighted by Crippen LogP contribution is 2.35. The third kappa shape index (κ3) is 18.5. The van der Waals surface area contributed by atoms with Crippen molar-refractivity contribution in [3.8, 4) is 5.75 Å². The molecular formula is C50H64Cl5FN10O7S2. The molecule has 0 saturated carbocycles. The molecule has 2 unspecified atom stereocenters. The number of amides is 2. The van der Waals surface area contributed by atoms with Crippen molar-refractivity contribution < 1.29 is 33.0 Å². The Kier molecular flexibility index (Phi) is 25.4. The van der Waals surface area contributed by atoms with Gasteiger partial charge >= 0.3 is 10.8 Å². The number of fused-ring (bicyclic) bond motifs is 2. The van der Waals surface area contributed by atoms with Crippen LogP contribution < -0.4 is 34.8 Å². The molecule has 75 heavy (non-hydrogen) atoms. The average Bonchev–Trinajstić information content (AvgIpc) is 3.68. The van der Waals surface area contributed by atoms with E-state index in [0.29, 0.717) is 53.6 Å². The molecule has 410 valence electrons. The van der Waals surface area contributed by atoms with E-state index in [1.54, 1.807) is 26.3 Å². The molecule has 2 atom stereocenters. The Morgan fingerprint density at radius 3 is 2.32 bits per heavy atom. The fourth-order valence-electron chi connectivity index (χ4n) is 7.47. The molecule has 2 aliphatic heterocycles. The van der Waals surface area contributed by atoms with Gasteiger partial charge in [-0.15, -0.1) is 23.4 Å². The molecule has 3 aromatic carbocycles. The molecule has 5 aromatic rings. The highest BCUT2D eigenvalue weighted by atomic mass is 35.5. The number of hydrogen-bond acceptors (Lipinski definition) is 15. The van der Waals surface area contributed by atoms with Crippen molar-refractivity contribution in [1.82, 2.24) is 24.3 Å². The van der Waals surface area contributed by atoms with Gasteiger partial charge in [-0.2, -0.15) is 15.0 Å². The molecule has 4 heterocycles. The van der Waals surface area contributed by atoms with Gasteiger partial charge in [-0.25, -0.2) is 14.1 Å². The Bertz CT molecular complexity index is 2850. The first-order chi connectivity index (χ1) is 35.6. The number of methoxy groups -OCH3 is 2. The van der Waals surface area contributed by atoms with Crippen molar-refractivity contribution in [2.24, 2.45) is 4.99 Å². The number of ether oxygens (including phenoxy) is 3. The van der Waals surface area contributed by atoms with Crippen molar-refractivity contribution in [2.45, 2.75) is 115 Å². The molecule has 2 N–H and O–H groups in total. The number of rotatable bonds is 14. The number of nitrogens with one attached hydrogen (secondary N) is 2. The summed E-state index contributed by atoms with van der Waals surface area (Å²) in [5.41, 5.74) is 3.91. The summed E-state index contributed by atoms with van der Waals surface area (Å²) in [5, 5.41) is 6.51. The Hall–Kier alpha value is -4.67. The molecular weight excluding hydrogens is 1110 g/mol. The van der Waals surface area contributed by atoms with Crippen molar-refractivity contribution in [1.29, 1.82) is 0 Å². The maximum atomic E-state index is 14.3. The zero-order valence-electron chi connectivity index (χ0n) is 43.5. The molecule has 17 nitrogen and oxygen atoms in total. The van der Waals surface area contributed by atoms with Gasteiger partial charge in [0.2, 0.25) is 27.9 Å². The number of nitrogens with zero attached hydrogens (tertiary/aromatic N) is 8. The van der Waals surface area contributed by atoms with Crippen LogP contribution in [0.25, 0.3) is 0 Å². The lowest BCUT2D eigenvalue weighted by molar-refractivity contribution is -0.137. The molecule has 0 radical (unpaired) electrons. The second-order valence-electron chi connectivity index (χ2n) is 17.7. The number of alkyl halides is 3. The van der Waals surface area contributed by atoms with Crippen molar-refractivity contribution >= 4 is 128 Å². The first kappa shape index (κ1) is 62.9. The highest BCUT2D eigenvalue weighted by Gasteiger charge is 2.32. The Morgan fingerprint density at radius 1 is 1.01 bits per heavy atom. The van der Waals surface area contributed by atoms with E-state index in [9.17, 15) is 23.6 Å². The van der Waals surface area contributed by atoms with Gasteiger partial charge in [0.05, 0.1) is 48.0 Å². The van der Waals surface area contributed by atoms with Crippen molar-refractivity contribution in [3.63, 3.8) is 0 Å². The first-order valence-electron chi connectivity index (χ1n) is 23.8. The normalized spacial score (nSPS) is 14.3. The quantitative estimate of drug-likeness (QED) is 0.0608. The van der Waals surface area contributed by atoms with E-state index in [4.69, 9.17) is 67.5 Å². The molecule has 0 saturated heterocycles. The lowest BCUT2D eigenvalue weighted by atomic mass is 10.0. The van der Waals surface area contributed by atoms with Gasteiger partial charge in [0, 0.05) is 37.2 Å². The Morgan fingerprint density at radius 2 is 1.69 bits per heavy atom. The molecule has 2 aromatic heterocycles. The van der Waals surface area contributed by atoms with E-state index in [2.05, 4.69) is 48.3 Å². The Labute approximate surface area is 470 Å². The summed E-state index contributed by atoms with van der Waals surface area (Å²) >= 11 is 31.0. The van der Waals surface area contributed by atoms with E-state index in [-0.39, 0.29) is 61.9 Å². The summed E-state index contributed by atoms with van der Waals surface area (Å²) in [6, 6.07) is 16.0. The third-order valence-electron chi connectivity index (χ3n) is 10.8. The molecule has 0 aliphatic carbocycles. The SMILES string of the molecule is CC1COc2ccccc2N1C(=O)C(Cl)Cl.CCNc1nc(Cl)nc(NC(C)(C)C)n1.CCc1cccc(C)c1N(C(=O)CCl)C(C)COC.COC(=O)CSc1cc(/N=c2\sc(=O)n3n2CCCC3)c(F)cc1Cl. The van der Waals surface area contributed by atoms with Gasteiger partial charge in [0.15, 0.2) is 4.84 Å². The number of anilines is 4. The zero-order chi connectivity index (χ0) is 55.6. The number of esters is 1. The van der Waals surface area contributed by atoms with Crippen LogP contribution >= 0.6 is 81.1 Å². The summed E-state index contributed by atoms with van der Waals surface area (Å²) in [6.07, 6.45) is 2.77. The smallest absolute Gasteiger partial charge is 0.325 e. The lowest BCUT2D eigenvalue weighted by Crippen LogP contribution is -2.47. The predicted octanol–water partition coefficient (Wildman–Crippen LogP) is 10.7. The number of aryl methyl sites for hydroxylation is 2. The summed E-state index contributed by atoms with van der Waals surface area (Å²) in [6.45, 7) is 19.0. The van der Waals surface area contributed by atoms with E-state index < -0.39 is 16.6 Å². The van der Waals surface area contributed by atoms with Crippen LogP contribution in [0.4, 0.5) is 33.3 Å². The maximum Gasteiger partial charge on any atom is 0.325 e.